The lowest BCUT2D eigenvalue weighted by Crippen LogP contribution is -3.09. The number of nitrogens with one attached hydrogen (secondary N) is 2. The molecule has 7 heteroatoms. The molecule has 3 rings (SSSR count). The first-order valence-corrected chi connectivity index (χ1v) is 9.11. The van der Waals surface area contributed by atoms with Gasteiger partial charge in [-0.15, -0.1) is 0 Å². The molecule has 0 aliphatic heterocycles. The zero-order chi connectivity index (χ0) is 19.2. The molecule has 0 aliphatic carbocycles. The third-order valence-corrected chi connectivity index (χ3v) is 4.56. The summed E-state index contributed by atoms with van der Waals surface area (Å²) in [5, 5.41) is 11.4. The first-order valence-electron chi connectivity index (χ1n) is 9.11. The van der Waals surface area contributed by atoms with Gasteiger partial charge in [-0.3, -0.25) is 14.9 Å². The quantitative estimate of drug-likeness (QED) is 0.472. The van der Waals surface area contributed by atoms with E-state index in [1.54, 1.807) is 18.2 Å². The van der Waals surface area contributed by atoms with E-state index in [1.807, 2.05) is 18.2 Å². The maximum atomic E-state index is 12.3. The molecule has 0 saturated heterocycles. The summed E-state index contributed by atoms with van der Waals surface area (Å²) in [5.74, 6) is 0.659. The topological polar surface area (TPSA) is 93.3 Å². The Balaban J connectivity index is 1.80. The van der Waals surface area contributed by atoms with Gasteiger partial charge in [0.15, 0.2) is 5.82 Å². The van der Waals surface area contributed by atoms with Crippen LogP contribution in [0.5, 0.6) is 0 Å². The number of hydrogen-bond acceptors (Lipinski definition) is 4. The predicted molar refractivity (Wildman–Crippen MR) is 104 cm³/mol. The maximum Gasteiger partial charge on any atom is 0.269 e. The number of nitrogens with zero attached hydrogens (tertiary/aromatic N) is 2. The van der Waals surface area contributed by atoms with E-state index < -0.39 is 4.92 Å². The molecular formula is C20H23N4O3+. The molecule has 0 aliphatic rings. The molecule has 2 N–H and O–H groups in total. The van der Waals surface area contributed by atoms with E-state index in [1.165, 1.54) is 17.0 Å². The number of para-hydroxylation sites is 1. The molecule has 0 fully saturated rings. The lowest BCUT2D eigenvalue weighted by molar-refractivity contribution is -0.928. The second kappa shape index (κ2) is 8.55. The van der Waals surface area contributed by atoms with E-state index in [2.05, 4.69) is 16.9 Å². The van der Waals surface area contributed by atoms with Crippen LogP contribution < -0.4 is 10.5 Å². The minimum absolute atomic E-state index is 0.0920. The molecule has 0 bridgehead atoms. The predicted octanol–water partition coefficient (Wildman–Crippen LogP) is 2.22. The molecule has 0 spiro atoms. The van der Waals surface area contributed by atoms with Crippen molar-refractivity contribution in [3.8, 4) is 0 Å². The molecule has 0 saturated carbocycles. The van der Waals surface area contributed by atoms with E-state index >= 15 is 0 Å². The third-order valence-electron chi connectivity index (χ3n) is 4.56. The monoisotopic (exact) mass is 367 g/mol. The zero-order valence-corrected chi connectivity index (χ0v) is 15.3. The van der Waals surface area contributed by atoms with Crippen molar-refractivity contribution in [2.45, 2.75) is 32.9 Å². The van der Waals surface area contributed by atoms with E-state index in [9.17, 15) is 14.9 Å². The molecule has 27 heavy (non-hydrogen) atoms. The number of aromatic amines is 1. The van der Waals surface area contributed by atoms with Crippen LogP contribution in [0.3, 0.4) is 0 Å². The van der Waals surface area contributed by atoms with Crippen molar-refractivity contribution < 1.29 is 9.82 Å². The van der Waals surface area contributed by atoms with Gasteiger partial charge in [0.25, 0.3) is 11.2 Å². The first-order chi connectivity index (χ1) is 13.1. The first kappa shape index (κ1) is 18.7. The molecule has 0 amide bonds. The van der Waals surface area contributed by atoms with Crippen LogP contribution in [0, 0.1) is 10.1 Å². The molecule has 1 atom stereocenters. The number of aromatic nitrogens is 2. The molecule has 1 heterocycles. The number of fused-ring (bicyclic) bond motifs is 1. The van der Waals surface area contributed by atoms with Gasteiger partial charge in [0.1, 0.15) is 13.1 Å². The van der Waals surface area contributed by atoms with Gasteiger partial charge in [0.2, 0.25) is 0 Å². The SMILES string of the molecule is CCCC[NH+](Cc1ccc([N+](=O)[O-])cc1)Cc1nc2ccccc2c(=O)[nH]1. The Morgan fingerprint density at radius 1 is 1.11 bits per heavy atom. The van der Waals surface area contributed by atoms with Gasteiger partial charge in [-0.1, -0.05) is 25.5 Å². The van der Waals surface area contributed by atoms with Crippen LogP contribution >= 0.6 is 0 Å². The van der Waals surface area contributed by atoms with Gasteiger partial charge in [-0.05, 0) is 30.7 Å². The highest BCUT2D eigenvalue weighted by Crippen LogP contribution is 2.11. The number of non-ortho nitro benzene ring substituents is 1. The lowest BCUT2D eigenvalue weighted by atomic mass is 10.2. The number of hydrogen-bond donors (Lipinski definition) is 2. The average Bonchev–Trinajstić information content (AvgIpc) is 2.66. The molecule has 3 aromatic rings. The summed E-state index contributed by atoms with van der Waals surface area (Å²) in [6, 6.07) is 14.0. The number of benzene rings is 2. The van der Waals surface area contributed by atoms with Crippen LogP contribution in [0.15, 0.2) is 53.3 Å². The summed E-state index contributed by atoms with van der Waals surface area (Å²) in [7, 11) is 0. The summed E-state index contributed by atoms with van der Waals surface area (Å²) in [6.07, 6.45) is 2.13. The number of nitro groups is 1. The minimum Gasteiger partial charge on any atom is -0.325 e. The van der Waals surface area contributed by atoms with Crippen LogP contribution in [-0.2, 0) is 13.1 Å². The summed E-state index contributed by atoms with van der Waals surface area (Å²) in [6.45, 7) is 4.38. The maximum absolute atomic E-state index is 12.3. The molecule has 7 nitrogen and oxygen atoms in total. The Morgan fingerprint density at radius 2 is 1.85 bits per heavy atom. The Morgan fingerprint density at radius 3 is 2.56 bits per heavy atom. The van der Waals surface area contributed by atoms with Gasteiger partial charge in [-0.25, -0.2) is 4.98 Å². The summed E-state index contributed by atoms with van der Waals surface area (Å²) in [4.78, 5) is 31.4. The van der Waals surface area contributed by atoms with Gasteiger partial charge in [-0.2, -0.15) is 0 Å². The van der Waals surface area contributed by atoms with E-state index in [0.717, 1.165) is 24.9 Å². The molecule has 2 aromatic carbocycles. The molecule has 0 radical (unpaired) electrons. The standard InChI is InChI=1S/C20H22N4O3/c1-2-3-12-23(13-15-8-10-16(11-9-15)24(26)27)14-19-21-18-7-5-4-6-17(18)20(25)22-19/h4-11H,2-3,12-14H2,1H3,(H,21,22,25)/p+1. The number of unbranched alkanes of at least 4 members (excludes halogenated alkanes) is 1. The normalized spacial score (nSPS) is 12.2. The highest BCUT2D eigenvalue weighted by atomic mass is 16.6. The highest BCUT2D eigenvalue weighted by Gasteiger charge is 2.14. The Labute approximate surface area is 156 Å². The van der Waals surface area contributed by atoms with Crippen molar-refractivity contribution in [2.75, 3.05) is 6.54 Å². The van der Waals surface area contributed by atoms with Crippen LogP contribution in [0.25, 0.3) is 10.9 Å². The summed E-state index contributed by atoms with van der Waals surface area (Å²) >= 11 is 0. The number of nitro benzene ring substituents is 1. The van der Waals surface area contributed by atoms with Crippen LogP contribution in [0.1, 0.15) is 31.2 Å². The number of rotatable bonds is 8. The third kappa shape index (κ3) is 4.77. The largest absolute Gasteiger partial charge is 0.325 e. The van der Waals surface area contributed by atoms with Crippen molar-refractivity contribution in [1.82, 2.24) is 9.97 Å². The van der Waals surface area contributed by atoms with Gasteiger partial charge < -0.3 is 9.88 Å². The molecule has 140 valence electrons. The van der Waals surface area contributed by atoms with E-state index in [4.69, 9.17) is 0 Å². The molecular weight excluding hydrogens is 344 g/mol. The van der Waals surface area contributed by atoms with Crippen LogP contribution in [0.4, 0.5) is 5.69 Å². The van der Waals surface area contributed by atoms with Crippen LogP contribution in [-0.4, -0.2) is 21.4 Å². The van der Waals surface area contributed by atoms with Gasteiger partial charge in [0.05, 0.1) is 22.4 Å². The Hall–Kier alpha value is -3.06. The fourth-order valence-corrected chi connectivity index (χ4v) is 3.15. The fourth-order valence-electron chi connectivity index (χ4n) is 3.15. The highest BCUT2D eigenvalue weighted by molar-refractivity contribution is 5.77. The van der Waals surface area contributed by atoms with Crippen molar-refractivity contribution in [3.63, 3.8) is 0 Å². The molecule has 1 aromatic heterocycles. The fraction of sp³-hybridized carbons (Fsp3) is 0.300. The van der Waals surface area contributed by atoms with Crippen LogP contribution in [0.2, 0.25) is 0 Å². The second-order valence-electron chi connectivity index (χ2n) is 6.66. The lowest BCUT2D eigenvalue weighted by Gasteiger charge is -2.19. The van der Waals surface area contributed by atoms with E-state index in [0.29, 0.717) is 29.8 Å². The van der Waals surface area contributed by atoms with Gasteiger partial charge in [0, 0.05) is 17.7 Å². The summed E-state index contributed by atoms with van der Waals surface area (Å²) in [5.41, 5.74) is 1.69. The zero-order valence-electron chi connectivity index (χ0n) is 15.3. The van der Waals surface area contributed by atoms with Crippen molar-refractivity contribution in [1.29, 1.82) is 0 Å². The average molecular weight is 367 g/mol. The molecule has 1 unspecified atom stereocenters. The summed E-state index contributed by atoms with van der Waals surface area (Å²) < 4.78 is 0. The van der Waals surface area contributed by atoms with E-state index in [-0.39, 0.29) is 11.2 Å². The second-order valence-corrected chi connectivity index (χ2v) is 6.66. The van der Waals surface area contributed by atoms with Crippen molar-refractivity contribution in [3.05, 3.63) is 80.4 Å². The number of H-pyrrole nitrogens is 1. The Bertz CT molecular complexity index is 982. The number of quaternary nitrogens is 1. The van der Waals surface area contributed by atoms with Crippen molar-refractivity contribution in [2.24, 2.45) is 0 Å². The minimum atomic E-state index is -0.394. The van der Waals surface area contributed by atoms with Crippen molar-refractivity contribution >= 4 is 16.6 Å². The smallest absolute Gasteiger partial charge is 0.269 e. The Kier molecular flexibility index (Phi) is 5.93. The van der Waals surface area contributed by atoms with Gasteiger partial charge >= 0.3 is 0 Å².